The number of amides is 1. The molecule has 0 radical (unpaired) electrons. The molecular formula is C22H22FN3O. The Hall–Kier alpha value is -3.21. The highest BCUT2D eigenvalue weighted by atomic mass is 19.1. The van der Waals surface area contributed by atoms with Crippen LogP contribution >= 0.6 is 0 Å². The Bertz CT molecular complexity index is 909. The predicted octanol–water partition coefficient (Wildman–Crippen LogP) is 4.69. The van der Waals surface area contributed by atoms with Crippen LogP contribution in [0.1, 0.15) is 28.4 Å². The van der Waals surface area contributed by atoms with E-state index in [4.69, 9.17) is 0 Å². The molecule has 27 heavy (non-hydrogen) atoms. The fraction of sp³-hybridized carbons (Fsp3) is 0.182. The van der Waals surface area contributed by atoms with Crippen LogP contribution in [0.4, 0.5) is 15.8 Å². The molecule has 3 rings (SSSR count). The van der Waals surface area contributed by atoms with Gasteiger partial charge in [-0.1, -0.05) is 37.3 Å². The first kappa shape index (κ1) is 18.6. The molecule has 0 saturated carbocycles. The Balaban J connectivity index is 1.59. The zero-order valence-electron chi connectivity index (χ0n) is 15.2. The number of benzene rings is 2. The number of rotatable bonds is 7. The van der Waals surface area contributed by atoms with Crippen LogP contribution in [0.25, 0.3) is 0 Å². The molecule has 0 aliphatic rings. The first-order valence-corrected chi connectivity index (χ1v) is 8.98. The highest BCUT2D eigenvalue weighted by Gasteiger charge is 2.08. The number of nitrogens with zero attached hydrogens (tertiary/aromatic N) is 1. The minimum Gasteiger partial charge on any atom is -0.383 e. The molecule has 0 aliphatic carbocycles. The molecule has 0 atom stereocenters. The van der Waals surface area contributed by atoms with Gasteiger partial charge in [-0.3, -0.25) is 9.78 Å². The fourth-order valence-electron chi connectivity index (χ4n) is 2.73. The standard InChI is InChI=1S/C22H22FN3O/c1-2-16-7-9-19(10-8-16)26-22(27)18-13-20(15-24-14-18)25-12-11-17-5-3-4-6-21(17)23/h3-10,13-15,25H,2,11-12H2,1H3,(H,26,27). The zero-order chi connectivity index (χ0) is 19.1. The highest BCUT2D eigenvalue weighted by molar-refractivity contribution is 6.04. The van der Waals surface area contributed by atoms with E-state index >= 15 is 0 Å². The Kier molecular flexibility index (Phi) is 6.15. The number of hydrogen-bond acceptors (Lipinski definition) is 3. The van der Waals surface area contributed by atoms with Crippen molar-refractivity contribution in [1.29, 1.82) is 0 Å². The number of nitrogens with one attached hydrogen (secondary N) is 2. The lowest BCUT2D eigenvalue weighted by molar-refractivity contribution is 0.102. The third-order valence-electron chi connectivity index (χ3n) is 4.30. The van der Waals surface area contributed by atoms with Crippen molar-refractivity contribution in [1.82, 2.24) is 4.98 Å². The van der Waals surface area contributed by atoms with Crippen LogP contribution in [-0.4, -0.2) is 17.4 Å². The summed E-state index contributed by atoms with van der Waals surface area (Å²) >= 11 is 0. The fourth-order valence-corrected chi connectivity index (χ4v) is 2.73. The maximum absolute atomic E-state index is 13.6. The molecule has 0 bridgehead atoms. The monoisotopic (exact) mass is 363 g/mol. The number of halogens is 1. The van der Waals surface area contributed by atoms with Gasteiger partial charge in [0.1, 0.15) is 5.82 Å². The summed E-state index contributed by atoms with van der Waals surface area (Å²) in [7, 11) is 0. The Morgan fingerprint density at radius 3 is 2.56 bits per heavy atom. The number of anilines is 2. The molecule has 0 aliphatic heterocycles. The van der Waals surface area contributed by atoms with E-state index in [2.05, 4.69) is 22.5 Å². The summed E-state index contributed by atoms with van der Waals surface area (Å²) in [4.78, 5) is 16.6. The molecule has 0 spiro atoms. The van der Waals surface area contributed by atoms with Gasteiger partial charge in [0.2, 0.25) is 0 Å². The average Bonchev–Trinajstić information content (AvgIpc) is 2.70. The summed E-state index contributed by atoms with van der Waals surface area (Å²) in [5, 5.41) is 6.06. The molecule has 4 nitrogen and oxygen atoms in total. The quantitative estimate of drug-likeness (QED) is 0.640. The third-order valence-corrected chi connectivity index (χ3v) is 4.30. The van der Waals surface area contributed by atoms with Crippen LogP contribution in [0, 0.1) is 5.82 Å². The largest absolute Gasteiger partial charge is 0.383 e. The summed E-state index contributed by atoms with van der Waals surface area (Å²) in [5.41, 5.74) is 3.80. The average molecular weight is 363 g/mol. The minimum absolute atomic E-state index is 0.209. The van der Waals surface area contributed by atoms with E-state index in [1.165, 1.54) is 17.8 Å². The van der Waals surface area contributed by atoms with Gasteiger partial charge in [0, 0.05) is 24.6 Å². The van der Waals surface area contributed by atoms with Crippen molar-refractivity contribution in [2.45, 2.75) is 19.8 Å². The van der Waals surface area contributed by atoms with Gasteiger partial charge in [0.15, 0.2) is 0 Å². The smallest absolute Gasteiger partial charge is 0.257 e. The Morgan fingerprint density at radius 1 is 1.04 bits per heavy atom. The molecule has 2 aromatic carbocycles. The van der Waals surface area contributed by atoms with E-state index < -0.39 is 0 Å². The molecule has 2 N–H and O–H groups in total. The van der Waals surface area contributed by atoms with Crippen molar-refractivity contribution < 1.29 is 9.18 Å². The van der Waals surface area contributed by atoms with E-state index in [0.717, 1.165) is 17.8 Å². The van der Waals surface area contributed by atoms with Crippen LogP contribution < -0.4 is 10.6 Å². The Labute approximate surface area is 158 Å². The van der Waals surface area contributed by atoms with Gasteiger partial charge < -0.3 is 10.6 Å². The predicted molar refractivity (Wildman–Crippen MR) is 107 cm³/mol. The molecule has 1 amide bonds. The molecule has 138 valence electrons. The molecule has 1 aromatic heterocycles. The van der Waals surface area contributed by atoms with Crippen molar-refractivity contribution >= 4 is 17.3 Å². The van der Waals surface area contributed by atoms with Crippen LogP contribution in [0.2, 0.25) is 0 Å². The topological polar surface area (TPSA) is 54.0 Å². The highest BCUT2D eigenvalue weighted by Crippen LogP contribution is 2.14. The van der Waals surface area contributed by atoms with E-state index in [-0.39, 0.29) is 11.7 Å². The van der Waals surface area contributed by atoms with E-state index in [9.17, 15) is 9.18 Å². The van der Waals surface area contributed by atoms with Gasteiger partial charge in [-0.15, -0.1) is 0 Å². The van der Waals surface area contributed by atoms with Crippen LogP contribution in [0.3, 0.4) is 0 Å². The van der Waals surface area contributed by atoms with E-state index in [0.29, 0.717) is 24.1 Å². The zero-order valence-corrected chi connectivity index (χ0v) is 15.2. The lowest BCUT2D eigenvalue weighted by Crippen LogP contribution is -2.13. The number of aromatic nitrogens is 1. The SMILES string of the molecule is CCc1ccc(NC(=O)c2cncc(NCCc3ccccc3F)c2)cc1. The second kappa shape index (κ2) is 8.94. The van der Waals surface area contributed by atoms with Crippen LogP contribution in [0.5, 0.6) is 0 Å². The van der Waals surface area contributed by atoms with Gasteiger partial charge in [-0.2, -0.15) is 0 Å². The second-order valence-electron chi connectivity index (χ2n) is 6.24. The summed E-state index contributed by atoms with van der Waals surface area (Å²) in [6.07, 6.45) is 4.68. The number of pyridine rings is 1. The molecule has 5 heteroatoms. The van der Waals surface area contributed by atoms with E-state index in [1.807, 2.05) is 30.3 Å². The molecule has 3 aromatic rings. The minimum atomic E-state index is -0.218. The van der Waals surface area contributed by atoms with Gasteiger partial charge >= 0.3 is 0 Å². The lowest BCUT2D eigenvalue weighted by atomic mass is 10.1. The van der Waals surface area contributed by atoms with Crippen molar-refractivity contribution in [3.8, 4) is 0 Å². The summed E-state index contributed by atoms with van der Waals surface area (Å²) < 4.78 is 13.6. The summed E-state index contributed by atoms with van der Waals surface area (Å²) in [6, 6.07) is 16.2. The van der Waals surface area contributed by atoms with Crippen LogP contribution in [0.15, 0.2) is 67.0 Å². The first-order chi connectivity index (χ1) is 13.2. The van der Waals surface area contributed by atoms with Crippen LogP contribution in [-0.2, 0) is 12.8 Å². The van der Waals surface area contributed by atoms with Gasteiger partial charge in [0.05, 0.1) is 11.3 Å². The molecular weight excluding hydrogens is 341 g/mol. The van der Waals surface area contributed by atoms with Crippen molar-refractivity contribution in [2.75, 3.05) is 17.2 Å². The van der Waals surface area contributed by atoms with Gasteiger partial charge in [-0.05, 0) is 48.2 Å². The number of aryl methyl sites for hydroxylation is 1. The van der Waals surface area contributed by atoms with Gasteiger partial charge in [-0.25, -0.2) is 4.39 Å². The summed E-state index contributed by atoms with van der Waals surface area (Å²) in [6.45, 7) is 2.64. The summed E-state index contributed by atoms with van der Waals surface area (Å²) in [5.74, 6) is -0.427. The number of hydrogen-bond donors (Lipinski definition) is 2. The molecule has 1 heterocycles. The van der Waals surface area contributed by atoms with Gasteiger partial charge in [0.25, 0.3) is 5.91 Å². The second-order valence-corrected chi connectivity index (χ2v) is 6.24. The lowest BCUT2D eigenvalue weighted by Gasteiger charge is -2.09. The van der Waals surface area contributed by atoms with E-state index in [1.54, 1.807) is 24.4 Å². The Morgan fingerprint density at radius 2 is 1.81 bits per heavy atom. The van der Waals surface area contributed by atoms with Crippen molar-refractivity contribution in [2.24, 2.45) is 0 Å². The van der Waals surface area contributed by atoms with Crippen molar-refractivity contribution in [3.05, 3.63) is 89.5 Å². The normalized spacial score (nSPS) is 10.4. The number of carbonyl (C=O) groups is 1. The maximum atomic E-state index is 13.6. The molecule has 0 unspecified atom stereocenters. The number of carbonyl (C=O) groups excluding carboxylic acids is 1. The third kappa shape index (κ3) is 5.14. The maximum Gasteiger partial charge on any atom is 0.257 e. The first-order valence-electron chi connectivity index (χ1n) is 8.98. The van der Waals surface area contributed by atoms with Crippen molar-refractivity contribution in [3.63, 3.8) is 0 Å². The molecule has 0 saturated heterocycles. The molecule has 0 fully saturated rings.